The molecule has 3 aromatic carbocycles. The summed E-state index contributed by atoms with van der Waals surface area (Å²) < 4.78 is 5.19. The Morgan fingerprint density at radius 2 is 1.66 bits per heavy atom. The van der Waals surface area contributed by atoms with E-state index in [9.17, 15) is 14.4 Å². The third-order valence-electron chi connectivity index (χ3n) is 4.39. The first kappa shape index (κ1) is 19.9. The highest BCUT2D eigenvalue weighted by Crippen LogP contribution is 2.26. The Kier molecular flexibility index (Phi) is 6.09. The van der Waals surface area contributed by atoms with Crippen LogP contribution in [-0.4, -0.2) is 31.1 Å². The fourth-order valence-electron chi connectivity index (χ4n) is 3.05. The summed E-state index contributed by atoms with van der Waals surface area (Å²) in [4.78, 5) is 37.4. The number of nitrogens with zero attached hydrogens (tertiary/aromatic N) is 1. The van der Waals surface area contributed by atoms with Crippen molar-refractivity contribution in [2.75, 3.05) is 23.4 Å². The van der Waals surface area contributed by atoms with E-state index in [-0.39, 0.29) is 18.1 Å². The third-order valence-corrected chi connectivity index (χ3v) is 4.39. The fourth-order valence-corrected chi connectivity index (χ4v) is 3.05. The molecule has 0 aliphatic rings. The molecule has 0 atom stereocenters. The molecule has 29 heavy (non-hydrogen) atoms. The largest absolute Gasteiger partial charge is 0.452 e. The lowest BCUT2D eigenvalue weighted by molar-refractivity contribution is -0.121. The molecule has 0 aliphatic carbocycles. The standard InChI is InChI=1S/C22H21N3O4/c1-2-25(19-9-5-7-15-6-3-4-8-18(15)19)20(26)14-29-21(27)16-10-12-17(13-11-16)24-22(23)28/h3-13H,2,14H2,1H3,(H3,23,24,28). The highest BCUT2D eigenvalue weighted by atomic mass is 16.5. The minimum atomic E-state index is -0.695. The highest BCUT2D eigenvalue weighted by Gasteiger charge is 2.18. The van der Waals surface area contributed by atoms with Crippen molar-refractivity contribution in [2.24, 2.45) is 5.73 Å². The summed E-state index contributed by atoms with van der Waals surface area (Å²) in [6.07, 6.45) is 0. The predicted octanol–water partition coefficient (Wildman–Crippen LogP) is 3.54. The van der Waals surface area contributed by atoms with Crippen LogP contribution in [0.2, 0.25) is 0 Å². The molecule has 3 amide bonds. The number of anilines is 2. The second-order valence-corrected chi connectivity index (χ2v) is 6.28. The number of fused-ring (bicyclic) bond motifs is 1. The van der Waals surface area contributed by atoms with Crippen molar-refractivity contribution in [1.29, 1.82) is 0 Å². The van der Waals surface area contributed by atoms with Gasteiger partial charge in [-0.05, 0) is 42.6 Å². The number of hydrogen-bond donors (Lipinski definition) is 2. The Morgan fingerprint density at radius 1 is 0.966 bits per heavy atom. The highest BCUT2D eigenvalue weighted by molar-refractivity contribution is 6.04. The summed E-state index contributed by atoms with van der Waals surface area (Å²) in [5.41, 5.74) is 6.54. The first-order chi connectivity index (χ1) is 14.0. The Labute approximate surface area is 168 Å². The summed E-state index contributed by atoms with van der Waals surface area (Å²) in [5, 5.41) is 4.38. The van der Waals surface area contributed by atoms with Gasteiger partial charge in [0.15, 0.2) is 6.61 Å². The molecule has 148 valence electrons. The molecule has 0 bridgehead atoms. The van der Waals surface area contributed by atoms with Crippen LogP contribution in [0.4, 0.5) is 16.2 Å². The quantitative estimate of drug-likeness (QED) is 0.628. The summed E-state index contributed by atoms with van der Waals surface area (Å²) in [7, 11) is 0. The maximum absolute atomic E-state index is 12.7. The third kappa shape index (κ3) is 4.70. The topological polar surface area (TPSA) is 102 Å². The average molecular weight is 391 g/mol. The van der Waals surface area contributed by atoms with Crippen molar-refractivity contribution in [3.63, 3.8) is 0 Å². The summed E-state index contributed by atoms with van der Waals surface area (Å²) in [5.74, 6) is -0.942. The van der Waals surface area contributed by atoms with Gasteiger partial charge in [-0.2, -0.15) is 0 Å². The molecule has 3 rings (SSSR count). The minimum absolute atomic E-state index is 0.265. The molecular formula is C22H21N3O4. The van der Waals surface area contributed by atoms with Gasteiger partial charge >= 0.3 is 12.0 Å². The van der Waals surface area contributed by atoms with E-state index in [0.717, 1.165) is 16.5 Å². The van der Waals surface area contributed by atoms with E-state index >= 15 is 0 Å². The summed E-state index contributed by atoms with van der Waals surface area (Å²) in [6.45, 7) is 1.93. The number of esters is 1. The number of ether oxygens (including phenoxy) is 1. The van der Waals surface area contributed by atoms with Crippen LogP contribution >= 0.6 is 0 Å². The van der Waals surface area contributed by atoms with Crippen LogP contribution in [0, 0.1) is 0 Å². The Hall–Kier alpha value is -3.87. The second-order valence-electron chi connectivity index (χ2n) is 6.28. The molecule has 7 heteroatoms. The lowest BCUT2D eigenvalue weighted by Gasteiger charge is -2.22. The lowest BCUT2D eigenvalue weighted by Crippen LogP contribution is -2.34. The molecular weight excluding hydrogens is 370 g/mol. The SMILES string of the molecule is CCN(C(=O)COC(=O)c1ccc(NC(N)=O)cc1)c1cccc2ccccc12. The zero-order chi connectivity index (χ0) is 20.8. The number of primary amides is 1. The maximum Gasteiger partial charge on any atom is 0.338 e. The van der Waals surface area contributed by atoms with E-state index in [1.165, 1.54) is 24.3 Å². The van der Waals surface area contributed by atoms with E-state index in [1.807, 2.05) is 49.4 Å². The smallest absolute Gasteiger partial charge is 0.338 e. The molecule has 0 fully saturated rings. The van der Waals surface area contributed by atoms with E-state index in [0.29, 0.717) is 12.2 Å². The van der Waals surface area contributed by atoms with E-state index in [4.69, 9.17) is 10.5 Å². The normalized spacial score (nSPS) is 10.4. The van der Waals surface area contributed by atoms with Crippen molar-refractivity contribution in [2.45, 2.75) is 6.92 Å². The van der Waals surface area contributed by atoms with E-state index < -0.39 is 12.0 Å². The monoisotopic (exact) mass is 391 g/mol. The predicted molar refractivity (Wildman–Crippen MR) is 112 cm³/mol. The van der Waals surface area contributed by atoms with Gasteiger partial charge < -0.3 is 20.7 Å². The lowest BCUT2D eigenvalue weighted by atomic mass is 10.1. The van der Waals surface area contributed by atoms with Gasteiger partial charge in [-0.1, -0.05) is 36.4 Å². The molecule has 0 aromatic heterocycles. The second kappa shape index (κ2) is 8.88. The van der Waals surface area contributed by atoms with Crippen LogP contribution in [0.25, 0.3) is 10.8 Å². The van der Waals surface area contributed by atoms with Gasteiger partial charge in [-0.15, -0.1) is 0 Å². The van der Waals surface area contributed by atoms with Gasteiger partial charge in [-0.25, -0.2) is 9.59 Å². The number of benzene rings is 3. The molecule has 0 unspecified atom stereocenters. The van der Waals surface area contributed by atoms with Gasteiger partial charge in [0.1, 0.15) is 0 Å². The maximum atomic E-state index is 12.7. The molecule has 0 radical (unpaired) electrons. The summed E-state index contributed by atoms with van der Waals surface area (Å²) >= 11 is 0. The molecule has 0 aliphatic heterocycles. The Balaban J connectivity index is 1.68. The first-order valence-corrected chi connectivity index (χ1v) is 9.11. The number of amides is 3. The van der Waals surface area contributed by atoms with Gasteiger partial charge in [0.2, 0.25) is 0 Å². The van der Waals surface area contributed by atoms with E-state index in [2.05, 4.69) is 5.32 Å². The van der Waals surface area contributed by atoms with Crippen molar-refractivity contribution in [3.8, 4) is 0 Å². The van der Waals surface area contributed by atoms with Gasteiger partial charge in [0.25, 0.3) is 5.91 Å². The summed E-state index contributed by atoms with van der Waals surface area (Å²) in [6, 6.07) is 18.9. The van der Waals surface area contributed by atoms with Crippen LogP contribution in [0.3, 0.4) is 0 Å². The van der Waals surface area contributed by atoms with Crippen molar-refractivity contribution < 1.29 is 19.1 Å². The Morgan fingerprint density at radius 3 is 2.34 bits per heavy atom. The zero-order valence-electron chi connectivity index (χ0n) is 15.9. The number of hydrogen-bond acceptors (Lipinski definition) is 4. The Bertz CT molecular complexity index is 1040. The fraction of sp³-hybridized carbons (Fsp3) is 0.136. The van der Waals surface area contributed by atoms with Gasteiger partial charge in [-0.3, -0.25) is 4.79 Å². The minimum Gasteiger partial charge on any atom is -0.452 e. The van der Waals surface area contributed by atoms with Crippen molar-refractivity contribution in [1.82, 2.24) is 0 Å². The van der Waals surface area contributed by atoms with Crippen LogP contribution in [0.5, 0.6) is 0 Å². The van der Waals surface area contributed by atoms with Crippen LogP contribution in [-0.2, 0) is 9.53 Å². The number of urea groups is 1. The van der Waals surface area contributed by atoms with Crippen molar-refractivity contribution >= 4 is 40.1 Å². The van der Waals surface area contributed by atoms with Gasteiger partial charge in [0, 0.05) is 17.6 Å². The number of rotatable bonds is 6. The molecule has 0 saturated carbocycles. The molecule has 0 saturated heterocycles. The molecule has 0 heterocycles. The number of carbonyl (C=O) groups excluding carboxylic acids is 3. The molecule has 3 N–H and O–H groups in total. The molecule has 3 aromatic rings. The van der Waals surface area contributed by atoms with Gasteiger partial charge in [0.05, 0.1) is 11.3 Å². The van der Waals surface area contributed by atoms with Crippen LogP contribution < -0.4 is 16.0 Å². The zero-order valence-corrected chi connectivity index (χ0v) is 15.9. The average Bonchev–Trinajstić information content (AvgIpc) is 2.73. The van der Waals surface area contributed by atoms with Crippen LogP contribution in [0.15, 0.2) is 66.7 Å². The number of carbonyl (C=O) groups is 3. The molecule has 0 spiro atoms. The first-order valence-electron chi connectivity index (χ1n) is 9.11. The van der Waals surface area contributed by atoms with E-state index in [1.54, 1.807) is 4.90 Å². The number of nitrogens with one attached hydrogen (secondary N) is 1. The number of nitrogens with two attached hydrogens (primary N) is 1. The number of likely N-dealkylation sites (N-methyl/N-ethyl adjacent to an activating group) is 1. The molecule has 7 nitrogen and oxygen atoms in total. The van der Waals surface area contributed by atoms with Crippen molar-refractivity contribution in [3.05, 3.63) is 72.3 Å². The van der Waals surface area contributed by atoms with Crippen LogP contribution in [0.1, 0.15) is 17.3 Å².